The molecule has 0 radical (unpaired) electrons. The Morgan fingerprint density at radius 2 is 1.93 bits per heavy atom. The zero-order valence-electron chi connectivity index (χ0n) is 14.8. The molecule has 8 heteroatoms. The molecule has 8 nitrogen and oxygen atoms in total. The lowest BCUT2D eigenvalue weighted by molar-refractivity contribution is -0.112. The number of nitrogens with one attached hydrogen (secondary N) is 3. The Morgan fingerprint density at radius 1 is 1.19 bits per heavy atom. The number of hydrogen-bond donors (Lipinski definition) is 4. The number of phenolic OH excluding ortho intramolecular Hbond substituents is 1. The van der Waals surface area contributed by atoms with Crippen LogP contribution in [0.3, 0.4) is 0 Å². The summed E-state index contributed by atoms with van der Waals surface area (Å²) < 4.78 is 4.71. The largest absolute Gasteiger partial charge is 0.507 e. The Morgan fingerprint density at radius 3 is 2.67 bits per heavy atom. The quantitative estimate of drug-likeness (QED) is 0.338. The molecule has 0 saturated heterocycles. The predicted molar refractivity (Wildman–Crippen MR) is 101 cm³/mol. The van der Waals surface area contributed by atoms with Gasteiger partial charge < -0.3 is 25.8 Å². The fourth-order valence-corrected chi connectivity index (χ4v) is 2.33. The highest BCUT2D eigenvalue weighted by atomic mass is 16.5. The lowest BCUT2D eigenvalue weighted by Crippen LogP contribution is -2.31. The Labute approximate surface area is 156 Å². The summed E-state index contributed by atoms with van der Waals surface area (Å²) in [6.07, 6.45) is 0.755. The van der Waals surface area contributed by atoms with Crippen LogP contribution in [-0.4, -0.2) is 36.8 Å². The van der Waals surface area contributed by atoms with Gasteiger partial charge in [0.15, 0.2) is 0 Å². The zero-order valence-corrected chi connectivity index (χ0v) is 14.8. The highest BCUT2D eigenvalue weighted by Crippen LogP contribution is 2.29. The SMILES string of the molecule is CCOC(=O)NCCN/C=C(/C#N)C(=O)Nc1cccc2c(O)cccc12. The molecule has 2 aromatic rings. The van der Waals surface area contributed by atoms with Gasteiger partial charge in [-0.05, 0) is 19.1 Å². The maximum absolute atomic E-state index is 12.3. The summed E-state index contributed by atoms with van der Waals surface area (Å²) in [5.41, 5.74) is 0.363. The summed E-state index contributed by atoms with van der Waals surface area (Å²) in [4.78, 5) is 23.5. The highest BCUT2D eigenvalue weighted by Gasteiger charge is 2.12. The van der Waals surface area contributed by atoms with E-state index in [0.717, 1.165) is 0 Å². The molecule has 0 spiro atoms. The lowest BCUT2D eigenvalue weighted by atomic mass is 10.1. The van der Waals surface area contributed by atoms with E-state index in [1.165, 1.54) is 6.20 Å². The van der Waals surface area contributed by atoms with Crippen LogP contribution in [0.1, 0.15) is 6.92 Å². The monoisotopic (exact) mass is 368 g/mol. The second-order valence-corrected chi connectivity index (χ2v) is 5.40. The molecule has 0 fully saturated rings. The first-order valence-electron chi connectivity index (χ1n) is 8.33. The van der Waals surface area contributed by atoms with Crippen molar-refractivity contribution in [3.63, 3.8) is 0 Å². The molecule has 2 rings (SSSR count). The van der Waals surface area contributed by atoms with Crippen LogP contribution >= 0.6 is 0 Å². The number of nitriles is 1. The van der Waals surface area contributed by atoms with Crippen LogP contribution < -0.4 is 16.0 Å². The van der Waals surface area contributed by atoms with Crippen molar-refractivity contribution in [2.24, 2.45) is 0 Å². The zero-order chi connectivity index (χ0) is 19.6. The van der Waals surface area contributed by atoms with Crippen molar-refractivity contribution in [1.29, 1.82) is 5.26 Å². The molecule has 140 valence electrons. The number of carbonyl (C=O) groups is 2. The van der Waals surface area contributed by atoms with Crippen LogP contribution in [0.25, 0.3) is 10.8 Å². The van der Waals surface area contributed by atoms with Crippen molar-refractivity contribution in [3.05, 3.63) is 48.2 Å². The van der Waals surface area contributed by atoms with Gasteiger partial charge in [0.05, 0.1) is 6.61 Å². The molecular weight excluding hydrogens is 348 g/mol. The van der Waals surface area contributed by atoms with Crippen LogP contribution in [0.4, 0.5) is 10.5 Å². The number of rotatable bonds is 7. The van der Waals surface area contributed by atoms with Crippen molar-refractivity contribution >= 4 is 28.5 Å². The van der Waals surface area contributed by atoms with Crippen LogP contribution in [0.15, 0.2) is 48.2 Å². The number of nitrogens with zero attached hydrogens (tertiary/aromatic N) is 1. The summed E-state index contributed by atoms with van der Waals surface area (Å²) in [5.74, 6) is -0.477. The minimum absolute atomic E-state index is 0.107. The smallest absolute Gasteiger partial charge is 0.407 e. The Balaban J connectivity index is 1.98. The van der Waals surface area contributed by atoms with E-state index in [1.807, 2.05) is 6.07 Å². The van der Waals surface area contributed by atoms with E-state index in [9.17, 15) is 20.0 Å². The van der Waals surface area contributed by atoms with Gasteiger partial charge in [-0.15, -0.1) is 0 Å². The van der Waals surface area contributed by atoms with Gasteiger partial charge in [0.2, 0.25) is 0 Å². The molecule has 4 N–H and O–H groups in total. The summed E-state index contributed by atoms with van der Waals surface area (Å²) in [5, 5.41) is 28.3. The van der Waals surface area contributed by atoms with E-state index in [-0.39, 0.29) is 24.5 Å². The molecule has 0 heterocycles. The van der Waals surface area contributed by atoms with E-state index in [4.69, 9.17) is 4.74 Å². The Hall–Kier alpha value is -3.73. The lowest BCUT2D eigenvalue weighted by Gasteiger charge is -2.09. The first kappa shape index (κ1) is 19.6. The number of aromatic hydroxyl groups is 1. The molecular formula is C19H20N4O4. The van der Waals surface area contributed by atoms with Crippen LogP contribution in [0, 0.1) is 11.3 Å². The van der Waals surface area contributed by atoms with E-state index in [2.05, 4.69) is 16.0 Å². The minimum atomic E-state index is -0.584. The minimum Gasteiger partial charge on any atom is -0.507 e. The van der Waals surface area contributed by atoms with Gasteiger partial charge in [-0.25, -0.2) is 4.79 Å². The molecule has 27 heavy (non-hydrogen) atoms. The van der Waals surface area contributed by atoms with Gasteiger partial charge >= 0.3 is 6.09 Å². The molecule has 0 aliphatic carbocycles. The van der Waals surface area contributed by atoms with E-state index in [1.54, 1.807) is 43.3 Å². The molecule has 0 saturated carbocycles. The molecule has 0 unspecified atom stereocenters. The summed E-state index contributed by atoms with van der Waals surface area (Å²) in [7, 11) is 0. The van der Waals surface area contributed by atoms with Gasteiger partial charge in [-0.2, -0.15) is 5.26 Å². The number of alkyl carbamates (subject to hydrolysis) is 1. The third kappa shape index (κ3) is 5.37. The number of amides is 2. The van der Waals surface area contributed by atoms with Crippen molar-refractivity contribution in [2.75, 3.05) is 25.0 Å². The topological polar surface area (TPSA) is 123 Å². The van der Waals surface area contributed by atoms with E-state index >= 15 is 0 Å². The van der Waals surface area contributed by atoms with Crippen molar-refractivity contribution in [2.45, 2.75) is 6.92 Å². The Bertz CT molecular complexity index is 902. The second-order valence-electron chi connectivity index (χ2n) is 5.40. The van der Waals surface area contributed by atoms with Gasteiger partial charge in [0.1, 0.15) is 17.4 Å². The van der Waals surface area contributed by atoms with Gasteiger partial charge in [-0.3, -0.25) is 4.79 Å². The standard InChI is InChI=1S/C19H20N4O4/c1-2-27-19(26)22-10-9-21-12-13(11-20)18(25)23-16-7-3-6-15-14(16)5-4-8-17(15)24/h3-8,12,21,24H,2,9-10H2,1H3,(H,22,26)(H,23,25)/b13-12-. The average molecular weight is 368 g/mol. The number of hydrogen-bond acceptors (Lipinski definition) is 6. The summed E-state index contributed by atoms with van der Waals surface area (Å²) in [6.45, 7) is 2.58. The fourth-order valence-electron chi connectivity index (χ4n) is 2.33. The molecule has 2 aromatic carbocycles. The summed E-state index contributed by atoms with van der Waals surface area (Å²) in [6, 6.07) is 11.9. The number of carbonyl (C=O) groups excluding carboxylic acids is 2. The first-order chi connectivity index (χ1) is 13.1. The normalized spacial score (nSPS) is 10.7. The van der Waals surface area contributed by atoms with Gasteiger partial charge in [-0.1, -0.05) is 24.3 Å². The number of benzene rings is 2. The van der Waals surface area contributed by atoms with Gasteiger partial charge in [0, 0.05) is 35.7 Å². The first-order valence-corrected chi connectivity index (χ1v) is 8.33. The van der Waals surface area contributed by atoms with Gasteiger partial charge in [0.25, 0.3) is 5.91 Å². The van der Waals surface area contributed by atoms with E-state index < -0.39 is 12.0 Å². The van der Waals surface area contributed by atoms with Crippen LogP contribution in [0.2, 0.25) is 0 Å². The highest BCUT2D eigenvalue weighted by molar-refractivity contribution is 6.11. The maximum atomic E-state index is 12.3. The number of phenols is 1. The molecule has 0 atom stereocenters. The Kier molecular flexibility index (Phi) is 7.02. The number of fused-ring (bicyclic) bond motifs is 1. The molecule has 0 aliphatic heterocycles. The average Bonchev–Trinajstić information content (AvgIpc) is 2.65. The maximum Gasteiger partial charge on any atom is 0.407 e. The van der Waals surface area contributed by atoms with E-state index in [0.29, 0.717) is 23.0 Å². The number of anilines is 1. The molecule has 0 aliphatic rings. The third-order valence-corrected chi connectivity index (χ3v) is 3.57. The summed E-state index contributed by atoms with van der Waals surface area (Å²) >= 11 is 0. The molecule has 2 amide bonds. The predicted octanol–water partition coefficient (Wildman–Crippen LogP) is 2.23. The third-order valence-electron chi connectivity index (χ3n) is 3.57. The number of ether oxygens (including phenoxy) is 1. The van der Waals surface area contributed by atoms with Crippen molar-refractivity contribution < 1.29 is 19.4 Å². The van der Waals surface area contributed by atoms with Crippen molar-refractivity contribution in [1.82, 2.24) is 10.6 Å². The second kappa shape index (κ2) is 9.68. The van der Waals surface area contributed by atoms with Crippen LogP contribution in [0.5, 0.6) is 5.75 Å². The molecule has 0 aromatic heterocycles. The fraction of sp³-hybridized carbons (Fsp3) is 0.211. The molecule has 0 bridgehead atoms. The van der Waals surface area contributed by atoms with Crippen LogP contribution in [-0.2, 0) is 9.53 Å². The van der Waals surface area contributed by atoms with Crippen molar-refractivity contribution in [3.8, 4) is 11.8 Å².